The number of hydrogen-bond acceptors (Lipinski definition) is 6. The maximum atomic E-state index is 12.4. The Morgan fingerprint density at radius 3 is 2.83 bits per heavy atom. The quantitative estimate of drug-likeness (QED) is 0.714. The van der Waals surface area contributed by atoms with Crippen molar-refractivity contribution >= 4 is 18.1 Å². The minimum atomic E-state index is -1.40. The minimum Gasteiger partial charge on any atom is -0.479 e. The highest BCUT2D eigenvalue weighted by molar-refractivity contribution is 6.13. The van der Waals surface area contributed by atoms with E-state index in [0.29, 0.717) is 12.4 Å². The van der Waals surface area contributed by atoms with Gasteiger partial charge in [-0.05, 0) is 18.2 Å². The molecule has 2 heterocycles. The average Bonchev–Trinajstić information content (AvgIpc) is 3.06. The van der Waals surface area contributed by atoms with Crippen LogP contribution in [0.2, 0.25) is 0 Å². The van der Waals surface area contributed by atoms with Gasteiger partial charge in [0, 0.05) is 13.0 Å². The van der Waals surface area contributed by atoms with Crippen LogP contribution < -0.4 is 15.5 Å². The lowest BCUT2D eigenvalue weighted by Crippen LogP contribution is -2.55. The molecule has 2 aliphatic rings. The monoisotopic (exact) mass is 331 g/mol. The maximum Gasteiger partial charge on any atom is 0.331 e. The summed E-state index contributed by atoms with van der Waals surface area (Å²) in [5, 5.41) is 15.8. The number of carbonyl (C=O) groups excluding carboxylic acids is 1. The van der Waals surface area contributed by atoms with Crippen LogP contribution in [0.1, 0.15) is 6.42 Å². The number of nitrogens with zero attached hydrogens (tertiary/aromatic N) is 1. The Balaban J connectivity index is 1.69. The maximum absolute atomic E-state index is 12.4. The van der Waals surface area contributed by atoms with E-state index in [1.807, 2.05) is 18.2 Å². The number of rotatable bonds is 5. The molecule has 2 atom stereocenters. The van der Waals surface area contributed by atoms with Crippen LogP contribution in [0.4, 0.5) is 0 Å². The van der Waals surface area contributed by atoms with Gasteiger partial charge in [-0.25, -0.2) is 4.79 Å². The Kier molecular flexibility index (Phi) is 4.48. The van der Waals surface area contributed by atoms with Gasteiger partial charge in [0.15, 0.2) is 5.54 Å². The third kappa shape index (κ3) is 3.38. The van der Waals surface area contributed by atoms with Crippen molar-refractivity contribution in [3.63, 3.8) is 0 Å². The molecule has 0 spiro atoms. The molecule has 3 rings (SSSR count). The van der Waals surface area contributed by atoms with E-state index in [0.717, 1.165) is 0 Å². The first-order chi connectivity index (χ1) is 11.6. The summed E-state index contributed by atoms with van der Waals surface area (Å²) in [7, 11) is 0. The lowest BCUT2D eigenvalue weighted by molar-refractivity contribution is -0.147. The zero-order valence-corrected chi connectivity index (χ0v) is 12.8. The molecule has 3 N–H and O–H groups in total. The molecule has 8 nitrogen and oxygen atoms in total. The van der Waals surface area contributed by atoms with Crippen molar-refractivity contribution in [3.05, 3.63) is 42.0 Å². The van der Waals surface area contributed by atoms with Crippen LogP contribution in [0.3, 0.4) is 0 Å². The van der Waals surface area contributed by atoms with Gasteiger partial charge in [0.25, 0.3) is 5.91 Å². The second-order valence-electron chi connectivity index (χ2n) is 5.50. The fourth-order valence-electron chi connectivity index (χ4n) is 2.44. The van der Waals surface area contributed by atoms with E-state index >= 15 is 0 Å². The van der Waals surface area contributed by atoms with Crippen molar-refractivity contribution in [2.45, 2.75) is 18.2 Å². The van der Waals surface area contributed by atoms with E-state index in [4.69, 9.17) is 9.47 Å². The summed E-state index contributed by atoms with van der Waals surface area (Å²) in [5.74, 6) is -1.03. The average molecular weight is 331 g/mol. The number of carboxylic acid groups (broad SMARTS) is 1. The fourth-order valence-corrected chi connectivity index (χ4v) is 2.44. The lowest BCUT2D eigenvalue weighted by atomic mass is 9.98. The smallest absolute Gasteiger partial charge is 0.331 e. The number of carboxylic acids is 1. The van der Waals surface area contributed by atoms with Crippen LogP contribution in [0, 0.1) is 0 Å². The first-order valence-electron chi connectivity index (χ1n) is 7.45. The van der Waals surface area contributed by atoms with Crippen molar-refractivity contribution < 1.29 is 24.2 Å². The van der Waals surface area contributed by atoms with Gasteiger partial charge in [0.1, 0.15) is 5.75 Å². The molecule has 8 heteroatoms. The Morgan fingerprint density at radius 1 is 1.38 bits per heavy atom. The van der Waals surface area contributed by atoms with E-state index < -0.39 is 23.6 Å². The number of hydrogen-bond donors (Lipinski definition) is 3. The largest absolute Gasteiger partial charge is 0.479 e. The predicted molar refractivity (Wildman–Crippen MR) is 84.5 cm³/mol. The SMILES string of the molecule is O=C(N[C@@]1(C(=O)O)CCOC1)C1=CC(Oc2ccccc2)NN=C1. The van der Waals surface area contributed by atoms with Crippen molar-refractivity contribution in [1.82, 2.24) is 10.7 Å². The normalized spacial score (nSPS) is 25.5. The Hall–Kier alpha value is -2.87. The molecule has 1 amide bonds. The second-order valence-corrected chi connectivity index (χ2v) is 5.50. The number of benzene rings is 1. The standard InChI is InChI=1S/C16H17N3O5/c20-14(18-16(15(21)22)6-7-23-10-16)11-8-13(19-17-9-11)24-12-4-2-1-3-5-12/h1-5,8-9,13,19H,6-7,10H2,(H,18,20)(H,21,22)/t13?,16-/m0/s1. The van der Waals surface area contributed by atoms with E-state index in [1.54, 1.807) is 18.2 Å². The molecule has 0 radical (unpaired) electrons. The number of nitrogens with one attached hydrogen (secondary N) is 2. The summed E-state index contributed by atoms with van der Waals surface area (Å²) in [5.41, 5.74) is 1.56. The molecule has 1 fully saturated rings. The van der Waals surface area contributed by atoms with Gasteiger partial charge >= 0.3 is 5.97 Å². The number of carbonyl (C=O) groups is 2. The Bertz CT molecular complexity index is 680. The third-order valence-corrected chi connectivity index (χ3v) is 3.79. The van der Waals surface area contributed by atoms with Crippen LogP contribution >= 0.6 is 0 Å². The zero-order valence-electron chi connectivity index (χ0n) is 12.8. The Morgan fingerprint density at radius 2 is 2.17 bits per heavy atom. The first-order valence-corrected chi connectivity index (χ1v) is 7.45. The highest BCUT2D eigenvalue weighted by Gasteiger charge is 2.44. The van der Waals surface area contributed by atoms with Gasteiger partial charge in [-0.2, -0.15) is 5.10 Å². The molecule has 0 saturated carbocycles. The summed E-state index contributed by atoms with van der Waals surface area (Å²) in [6, 6.07) is 9.08. The highest BCUT2D eigenvalue weighted by atomic mass is 16.5. The summed E-state index contributed by atoms with van der Waals surface area (Å²) in [4.78, 5) is 23.9. The molecule has 1 saturated heterocycles. The van der Waals surface area contributed by atoms with E-state index in [-0.39, 0.29) is 18.6 Å². The fraction of sp³-hybridized carbons (Fsp3) is 0.312. The van der Waals surface area contributed by atoms with Crippen molar-refractivity contribution in [3.8, 4) is 5.75 Å². The third-order valence-electron chi connectivity index (χ3n) is 3.79. The molecule has 0 bridgehead atoms. The topological polar surface area (TPSA) is 109 Å². The summed E-state index contributed by atoms with van der Waals surface area (Å²) in [6.45, 7) is 0.238. The molecule has 0 aliphatic carbocycles. The predicted octanol–water partition coefficient (Wildman–Crippen LogP) is 0.267. The summed E-state index contributed by atoms with van der Waals surface area (Å²) in [6.07, 6.45) is 2.46. The molecular weight excluding hydrogens is 314 g/mol. The summed E-state index contributed by atoms with van der Waals surface area (Å²) < 4.78 is 10.8. The van der Waals surface area contributed by atoms with Crippen LogP contribution in [0.15, 0.2) is 47.1 Å². The minimum absolute atomic E-state index is 0.0549. The Labute approximate surface area is 138 Å². The highest BCUT2D eigenvalue weighted by Crippen LogP contribution is 2.20. The lowest BCUT2D eigenvalue weighted by Gasteiger charge is -2.25. The molecule has 2 aliphatic heterocycles. The van der Waals surface area contributed by atoms with Crippen LogP contribution in [-0.2, 0) is 14.3 Å². The summed E-state index contributed by atoms with van der Waals surface area (Å²) >= 11 is 0. The van der Waals surface area contributed by atoms with Gasteiger partial charge in [0.05, 0.1) is 18.4 Å². The number of amides is 1. The van der Waals surface area contributed by atoms with E-state index in [9.17, 15) is 14.7 Å². The van der Waals surface area contributed by atoms with Gasteiger partial charge in [-0.1, -0.05) is 18.2 Å². The molecule has 0 aromatic heterocycles. The van der Waals surface area contributed by atoms with E-state index in [2.05, 4.69) is 15.8 Å². The van der Waals surface area contributed by atoms with Crippen molar-refractivity contribution in [1.29, 1.82) is 0 Å². The van der Waals surface area contributed by atoms with Crippen molar-refractivity contribution in [2.24, 2.45) is 5.10 Å². The van der Waals surface area contributed by atoms with Gasteiger partial charge < -0.3 is 19.9 Å². The number of ether oxygens (including phenoxy) is 2. The molecule has 1 unspecified atom stereocenters. The van der Waals surface area contributed by atoms with Crippen molar-refractivity contribution in [2.75, 3.05) is 13.2 Å². The molecule has 126 valence electrons. The molecular formula is C16H17N3O5. The number of hydrazone groups is 1. The van der Waals surface area contributed by atoms with Gasteiger partial charge in [-0.3, -0.25) is 10.2 Å². The second kappa shape index (κ2) is 6.71. The zero-order chi connectivity index (χ0) is 17.0. The first kappa shape index (κ1) is 16.0. The number of para-hydroxylation sites is 1. The van der Waals surface area contributed by atoms with Gasteiger partial charge in [0.2, 0.25) is 6.23 Å². The van der Waals surface area contributed by atoms with Crippen LogP contribution in [-0.4, -0.2) is 48.2 Å². The van der Waals surface area contributed by atoms with Gasteiger partial charge in [-0.15, -0.1) is 0 Å². The van der Waals surface area contributed by atoms with Crippen LogP contribution in [0.25, 0.3) is 0 Å². The van der Waals surface area contributed by atoms with Crippen LogP contribution in [0.5, 0.6) is 5.75 Å². The van der Waals surface area contributed by atoms with E-state index in [1.165, 1.54) is 6.21 Å². The molecule has 1 aromatic carbocycles. The molecule has 1 aromatic rings. The number of aliphatic carboxylic acids is 1. The molecule has 24 heavy (non-hydrogen) atoms.